The van der Waals surface area contributed by atoms with Gasteiger partial charge in [-0.05, 0) is 43.3 Å². The van der Waals surface area contributed by atoms with Crippen LogP contribution in [0.15, 0.2) is 53.4 Å². The molecule has 1 aliphatic rings. The van der Waals surface area contributed by atoms with Gasteiger partial charge in [-0.2, -0.15) is 4.31 Å². The van der Waals surface area contributed by atoms with Gasteiger partial charge in [-0.25, -0.2) is 8.42 Å². The van der Waals surface area contributed by atoms with Gasteiger partial charge in [0.2, 0.25) is 10.0 Å². The maximum atomic E-state index is 12.5. The molecule has 2 aromatic carbocycles. The minimum absolute atomic E-state index is 0.266. The molecule has 0 aromatic heterocycles. The molecule has 1 saturated heterocycles. The van der Waals surface area contributed by atoms with Crippen LogP contribution >= 0.6 is 0 Å². The SMILES string of the molecule is Cc1ccc(OCCOc2ccc(S(=O)(=O)N3CCOCC3)cc2)cc1. The van der Waals surface area contributed by atoms with Crippen molar-refractivity contribution in [1.29, 1.82) is 0 Å². The Kier molecular flexibility index (Phi) is 6.13. The molecule has 2 aromatic rings. The molecule has 0 saturated carbocycles. The second-order valence-corrected chi connectivity index (χ2v) is 7.94. The molecule has 0 N–H and O–H groups in total. The number of benzene rings is 2. The highest BCUT2D eigenvalue weighted by molar-refractivity contribution is 7.89. The number of hydrogen-bond donors (Lipinski definition) is 0. The maximum absolute atomic E-state index is 12.5. The zero-order chi connectivity index (χ0) is 18.4. The van der Waals surface area contributed by atoms with Crippen LogP contribution in [0.5, 0.6) is 11.5 Å². The van der Waals surface area contributed by atoms with Gasteiger partial charge in [-0.15, -0.1) is 0 Å². The number of morpholine rings is 1. The Morgan fingerprint density at radius 2 is 1.38 bits per heavy atom. The van der Waals surface area contributed by atoms with Crippen LogP contribution in [0.4, 0.5) is 0 Å². The van der Waals surface area contributed by atoms with Crippen molar-refractivity contribution in [2.75, 3.05) is 39.5 Å². The molecule has 0 radical (unpaired) electrons. The summed E-state index contributed by atoms with van der Waals surface area (Å²) in [6.45, 7) is 4.45. The topological polar surface area (TPSA) is 65.1 Å². The number of nitrogens with zero attached hydrogens (tertiary/aromatic N) is 1. The monoisotopic (exact) mass is 377 g/mol. The Hall–Kier alpha value is -2.09. The smallest absolute Gasteiger partial charge is 0.243 e. The van der Waals surface area contributed by atoms with Crippen molar-refractivity contribution < 1.29 is 22.6 Å². The summed E-state index contributed by atoms with van der Waals surface area (Å²) in [5, 5.41) is 0. The van der Waals surface area contributed by atoms with E-state index in [4.69, 9.17) is 14.2 Å². The van der Waals surface area contributed by atoms with Crippen LogP contribution in [0, 0.1) is 6.92 Å². The van der Waals surface area contributed by atoms with E-state index in [1.165, 1.54) is 9.87 Å². The lowest BCUT2D eigenvalue weighted by atomic mass is 10.2. The minimum Gasteiger partial charge on any atom is -0.490 e. The molecule has 0 spiro atoms. The predicted octanol–water partition coefficient (Wildman–Crippen LogP) is 2.47. The molecule has 26 heavy (non-hydrogen) atoms. The molecule has 0 amide bonds. The van der Waals surface area contributed by atoms with Crippen molar-refractivity contribution in [3.63, 3.8) is 0 Å². The van der Waals surface area contributed by atoms with E-state index in [-0.39, 0.29) is 4.90 Å². The maximum Gasteiger partial charge on any atom is 0.243 e. The van der Waals surface area contributed by atoms with Crippen molar-refractivity contribution >= 4 is 10.0 Å². The first-order chi connectivity index (χ1) is 12.6. The van der Waals surface area contributed by atoms with Crippen molar-refractivity contribution in [1.82, 2.24) is 4.31 Å². The van der Waals surface area contributed by atoms with Gasteiger partial charge in [0.1, 0.15) is 24.7 Å². The fraction of sp³-hybridized carbons (Fsp3) is 0.368. The summed E-state index contributed by atoms with van der Waals surface area (Å²) < 4.78 is 43.0. The third kappa shape index (κ3) is 4.75. The van der Waals surface area contributed by atoms with Crippen molar-refractivity contribution in [2.45, 2.75) is 11.8 Å². The number of aryl methyl sites for hydroxylation is 1. The van der Waals surface area contributed by atoms with E-state index in [9.17, 15) is 8.42 Å². The van der Waals surface area contributed by atoms with Gasteiger partial charge >= 0.3 is 0 Å². The van der Waals surface area contributed by atoms with Crippen molar-refractivity contribution in [3.8, 4) is 11.5 Å². The largest absolute Gasteiger partial charge is 0.490 e. The van der Waals surface area contributed by atoms with Gasteiger partial charge in [0.25, 0.3) is 0 Å². The van der Waals surface area contributed by atoms with Gasteiger partial charge < -0.3 is 14.2 Å². The Morgan fingerprint density at radius 1 is 0.885 bits per heavy atom. The molecule has 3 rings (SSSR count). The van der Waals surface area contributed by atoms with Crippen LogP contribution in [0.25, 0.3) is 0 Å². The van der Waals surface area contributed by atoms with Crippen LogP contribution in [0.2, 0.25) is 0 Å². The van der Waals surface area contributed by atoms with Gasteiger partial charge in [0.15, 0.2) is 0 Å². The molecule has 0 bridgehead atoms. The first-order valence-corrected chi connectivity index (χ1v) is 10.00. The Bertz CT molecular complexity index is 797. The molecule has 140 valence electrons. The van der Waals surface area contributed by atoms with E-state index in [1.807, 2.05) is 31.2 Å². The predicted molar refractivity (Wildman–Crippen MR) is 98.2 cm³/mol. The Balaban J connectivity index is 1.50. The standard InChI is InChI=1S/C19H23NO5S/c1-16-2-4-17(5-3-16)24-14-15-25-18-6-8-19(9-7-18)26(21,22)20-10-12-23-13-11-20/h2-9H,10-15H2,1H3. The molecule has 0 aliphatic carbocycles. The first kappa shape index (κ1) is 18.7. The minimum atomic E-state index is -3.47. The number of rotatable bonds is 7. The quantitative estimate of drug-likeness (QED) is 0.694. The third-order valence-corrected chi connectivity index (χ3v) is 5.99. The van der Waals surface area contributed by atoms with Gasteiger partial charge in [-0.3, -0.25) is 0 Å². The second kappa shape index (κ2) is 8.53. The van der Waals surface area contributed by atoms with Crippen LogP contribution in [-0.4, -0.2) is 52.2 Å². The first-order valence-electron chi connectivity index (χ1n) is 8.56. The summed E-state index contributed by atoms with van der Waals surface area (Å²) in [5.74, 6) is 1.41. The summed E-state index contributed by atoms with van der Waals surface area (Å²) in [6, 6.07) is 14.3. The van der Waals surface area contributed by atoms with Crippen molar-refractivity contribution in [2.24, 2.45) is 0 Å². The third-order valence-electron chi connectivity index (χ3n) is 4.07. The highest BCUT2D eigenvalue weighted by Gasteiger charge is 2.26. The van der Waals surface area contributed by atoms with Crippen LogP contribution < -0.4 is 9.47 Å². The summed E-state index contributed by atoms with van der Waals surface area (Å²) in [4.78, 5) is 0.266. The Labute approximate surface area is 154 Å². The molecule has 6 nitrogen and oxygen atoms in total. The molecular formula is C19H23NO5S. The molecule has 1 aliphatic heterocycles. The summed E-state index contributed by atoms with van der Waals surface area (Å²) in [5.41, 5.74) is 1.18. The van der Waals surface area contributed by atoms with E-state index < -0.39 is 10.0 Å². The highest BCUT2D eigenvalue weighted by atomic mass is 32.2. The second-order valence-electron chi connectivity index (χ2n) is 6.00. The van der Waals surface area contributed by atoms with Crippen LogP contribution in [0.1, 0.15) is 5.56 Å². The molecule has 0 atom stereocenters. The molecule has 1 heterocycles. The van der Waals surface area contributed by atoms with Crippen LogP contribution in [0.3, 0.4) is 0 Å². The molecular weight excluding hydrogens is 354 g/mol. The lowest BCUT2D eigenvalue weighted by molar-refractivity contribution is 0.0730. The highest BCUT2D eigenvalue weighted by Crippen LogP contribution is 2.20. The van der Waals surface area contributed by atoms with E-state index >= 15 is 0 Å². The zero-order valence-electron chi connectivity index (χ0n) is 14.8. The number of sulfonamides is 1. The summed E-state index contributed by atoms with van der Waals surface area (Å²) in [7, 11) is -3.47. The average Bonchev–Trinajstić information content (AvgIpc) is 2.68. The normalized spacial score (nSPS) is 15.6. The average molecular weight is 377 g/mol. The lowest BCUT2D eigenvalue weighted by Gasteiger charge is -2.26. The zero-order valence-corrected chi connectivity index (χ0v) is 15.6. The van der Waals surface area contributed by atoms with E-state index in [1.54, 1.807) is 24.3 Å². The van der Waals surface area contributed by atoms with E-state index in [0.717, 1.165) is 5.75 Å². The summed E-state index contributed by atoms with van der Waals surface area (Å²) in [6.07, 6.45) is 0. The number of hydrogen-bond acceptors (Lipinski definition) is 5. The molecule has 0 unspecified atom stereocenters. The van der Waals surface area contributed by atoms with Gasteiger partial charge in [0.05, 0.1) is 18.1 Å². The fourth-order valence-electron chi connectivity index (χ4n) is 2.60. The van der Waals surface area contributed by atoms with E-state index in [2.05, 4.69) is 0 Å². The van der Waals surface area contributed by atoms with Gasteiger partial charge in [-0.1, -0.05) is 17.7 Å². The van der Waals surface area contributed by atoms with Gasteiger partial charge in [0, 0.05) is 13.1 Å². The van der Waals surface area contributed by atoms with E-state index in [0.29, 0.717) is 45.3 Å². The van der Waals surface area contributed by atoms with Crippen molar-refractivity contribution in [3.05, 3.63) is 54.1 Å². The Morgan fingerprint density at radius 3 is 1.92 bits per heavy atom. The number of ether oxygens (including phenoxy) is 3. The molecule has 1 fully saturated rings. The fourth-order valence-corrected chi connectivity index (χ4v) is 4.01. The lowest BCUT2D eigenvalue weighted by Crippen LogP contribution is -2.40. The summed E-state index contributed by atoms with van der Waals surface area (Å²) >= 11 is 0. The van der Waals surface area contributed by atoms with Crippen LogP contribution in [-0.2, 0) is 14.8 Å². The molecule has 7 heteroatoms.